The highest BCUT2D eigenvalue weighted by Gasteiger charge is 2.51. The lowest BCUT2D eigenvalue weighted by atomic mass is 9.66. The van der Waals surface area contributed by atoms with Gasteiger partial charge in [0, 0.05) is 18.4 Å². The smallest absolute Gasteiger partial charge is 0.475 e. The SMILES string of the molecule is CC1CC2CC(c3ncccn3)(C1)N2.O=C(O)C(F)(F)F. The first-order valence-electron chi connectivity index (χ1n) is 6.58. The maximum absolute atomic E-state index is 10.6. The van der Waals surface area contributed by atoms with Gasteiger partial charge in [-0.1, -0.05) is 6.92 Å². The zero-order valence-corrected chi connectivity index (χ0v) is 11.4. The monoisotopic (exact) mass is 303 g/mol. The number of carboxylic acid groups (broad SMARTS) is 1. The molecule has 3 aliphatic rings. The van der Waals surface area contributed by atoms with Crippen LogP contribution < -0.4 is 5.32 Å². The van der Waals surface area contributed by atoms with E-state index in [1.54, 1.807) is 0 Å². The number of hydrogen-bond donors (Lipinski definition) is 2. The van der Waals surface area contributed by atoms with Crippen molar-refractivity contribution in [3.05, 3.63) is 24.3 Å². The Bertz CT molecular complexity index is 501. The molecule has 5 nitrogen and oxygen atoms in total. The Kier molecular flexibility index (Phi) is 4.18. The molecule has 1 saturated carbocycles. The summed E-state index contributed by atoms with van der Waals surface area (Å²) in [4.78, 5) is 17.6. The summed E-state index contributed by atoms with van der Waals surface area (Å²) in [6.07, 6.45) is 2.32. The zero-order chi connectivity index (χ0) is 15.7. The van der Waals surface area contributed by atoms with E-state index < -0.39 is 12.1 Å². The lowest BCUT2D eigenvalue weighted by Gasteiger charge is -2.54. The summed E-state index contributed by atoms with van der Waals surface area (Å²) in [5.74, 6) is -0.964. The number of nitrogens with one attached hydrogen (secondary N) is 1. The van der Waals surface area contributed by atoms with Crippen LogP contribution in [0.15, 0.2) is 18.5 Å². The standard InChI is InChI=1S/C11H15N3.C2HF3O2/c1-8-5-9-7-11(6-8,14-9)10-12-3-2-4-13-10;3-2(4,5)1(6)7/h2-4,8-9,14H,5-7H2,1H3;(H,6,7). The van der Waals surface area contributed by atoms with Crippen molar-refractivity contribution in [2.24, 2.45) is 5.92 Å². The van der Waals surface area contributed by atoms with Crippen molar-refractivity contribution >= 4 is 5.97 Å². The first-order valence-corrected chi connectivity index (χ1v) is 6.58. The lowest BCUT2D eigenvalue weighted by molar-refractivity contribution is -0.192. The molecular weight excluding hydrogens is 287 g/mol. The molecule has 8 heteroatoms. The predicted molar refractivity (Wildman–Crippen MR) is 67.3 cm³/mol. The van der Waals surface area contributed by atoms with Gasteiger partial charge in [0.1, 0.15) is 5.82 Å². The molecule has 2 N–H and O–H groups in total. The molecule has 3 atom stereocenters. The molecule has 0 amide bonds. The zero-order valence-electron chi connectivity index (χ0n) is 11.4. The van der Waals surface area contributed by atoms with E-state index in [1.807, 2.05) is 18.5 Å². The molecule has 0 aromatic carbocycles. The first-order chi connectivity index (χ1) is 9.73. The third kappa shape index (κ3) is 3.49. The molecule has 3 heterocycles. The number of alkyl halides is 3. The highest BCUT2D eigenvalue weighted by atomic mass is 19.4. The number of halogens is 3. The second-order valence-electron chi connectivity index (χ2n) is 5.55. The largest absolute Gasteiger partial charge is 0.490 e. The Morgan fingerprint density at radius 3 is 2.33 bits per heavy atom. The Balaban J connectivity index is 0.000000199. The van der Waals surface area contributed by atoms with Crippen molar-refractivity contribution < 1.29 is 23.1 Å². The van der Waals surface area contributed by atoms with E-state index >= 15 is 0 Å². The van der Waals surface area contributed by atoms with Crippen LogP contribution in [0.4, 0.5) is 13.2 Å². The van der Waals surface area contributed by atoms with Crippen molar-refractivity contribution in [3.63, 3.8) is 0 Å². The number of carbonyl (C=O) groups is 1. The molecular formula is C13H16F3N3O2. The van der Waals surface area contributed by atoms with Crippen LogP contribution in [0.5, 0.6) is 0 Å². The molecule has 0 radical (unpaired) electrons. The Morgan fingerprint density at radius 2 is 1.90 bits per heavy atom. The average molecular weight is 303 g/mol. The number of fused-ring (bicyclic) bond motifs is 2. The van der Waals surface area contributed by atoms with Gasteiger partial charge in [-0.25, -0.2) is 14.8 Å². The second-order valence-corrected chi connectivity index (χ2v) is 5.55. The molecule has 1 aromatic heterocycles. The minimum absolute atomic E-state index is 0.115. The van der Waals surface area contributed by atoms with Gasteiger partial charge in [0.15, 0.2) is 0 Å². The summed E-state index contributed by atoms with van der Waals surface area (Å²) in [5.41, 5.74) is 0.115. The number of carboxylic acids is 1. The number of aromatic nitrogens is 2. The lowest BCUT2D eigenvalue weighted by Crippen LogP contribution is -2.66. The van der Waals surface area contributed by atoms with Crippen molar-refractivity contribution in [1.82, 2.24) is 15.3 Å². The van der Waals surface area contributed by atoms with E-state index in [1.165, 1.54) is 19.3 Å². The average Bonchev–Trinajstić information content (AvgIpc) is 2.37. The van der Waals surface area contributed by atoms with Gasteiger partial charge in [0.05, 0.1) is 5.54 Å². The molecule has 3 fully saturated rings. The Labute approximate surface area is 119 Å². The summed E-state index contributed by atoms with van der Waals surface area (Å²) in [6.45, 7) is 2.32. The van der Waals surface area contributed by atoms with Gasteiger partial charge in [-0.15, -0.1) is 0 Å². The predicted octanol–water partition coefficient (Wildman–Crippen LogP) is 2.10. The van der Waals surface area contributed by atoms with Crippen LogP contribution >= 0.6 is 0 Å². The van der Waals surface area contributed by atoms with E-state index in [9.17, 15) is 13.2 Å². The molecule has 0 spiro atoms. The van der Waals surface area contributed by atoms with E-state index in [-0.39, 0.29) is 5.54 Å². The molecule has 4 rings (SSSR count). The van der Waals surface area contributed by atoms with Gasteiger partial charge in [-0.2, -0.15) is 13.2 Å². The number of hydrogen-bond acceptors (Lipinski definition) is 4. The van der Waals surface area contributed by atoms with Gasteiger partial charge in [0.25, 0.3) is 0 Å². The molecule has 1 aliphatic carbocycles. The second kappa shape index (κ2) is 5.59. The Morgan fingerprint density at radius 1 is 1.38 bits per heavy atom. The summed E-state index contributed by atoms with van der Waals surface area (Å²) >= 11 is 0. The van der Waals surface area contributed by atoms with E-state index in [0.717, 1.165) is 11.7 Å². The highest BCUT2D eigenvalue weighted by Crippen LogP contribution is 2.46. The van der Waals surface area contributed by atoms with E-state index in [2.05, 4.69) is 22.2 Å². The topological polar surface area (TPSA) is 75.1 Å². The summed E-state index contributed by atoms with van der Waals surface area (Å²) < 4.78 is 31.7. The number of aliphatic carboxylic acids is 1. The third-order valence-electron chi connectivity index (χ3n) is 3.70. The molecule has 21 heavy (non-hydrogen) atoms. The maximum atomic E-state index is 10.6. The van der Waals surface area contributed by atoms with Gasteiger partial charge >= 0.3 is 12.1 Å². The van der Waals surface area contributed by atoms with Crippen molar-refractivity contribution in [2.75, 3.05) is 0 Å². The van der Waals surface area contributed by atoms with Crippen LogP contribution in [0, 0.1) is 5.92 Å². The fourth-order valence-electron chi connectivity index (χ4n) is 3.03. The maximum Gasteiger partial charge on any atom is 0.490 e. The fourth-order valence-corrected chi connectivity index (χ4v) is 3.03. The number of nitrogens with zero attached hydrogens (tertiary/aromatic N) is 2. The summed E-state index contributed by atoms with van der Waals surface area (Å²) in [6, 6.07) is 2.59. The highest BCUT2D eigenvalue weighted by molar-refractivity contribution is 5.73. The van der Waals surface area contributed by atoms with Crippen LogP contribution in [-0.2, 0) is 10.3 Å². The molecule has 3 unspecified atom stereocenters. The van der Waals surface area contributed by atoms with E-state index in [0.29, 0.717) is 6.04 Å². The van der Waals surface area contributed by atoms with E-state index in [4.69, 9.17) is 9.90 Å². The van der Waals surface area contributed by atoms with Crippen LogP contribution in [0.1, 0.15) is 32.0 Å². The van der Waals surface area contributed by atoms with Crippen molar-refractivity contribution in [1.29, 1.82) is 0 Å². The van der Waals surface area contributed by atoms with Gasteiger partial charge in [-0.3, -0.25) is 0 Å². The van der Waals surface area contributed by atoms with Crippen LogP contribution in [0.2, 0.25) is 0 Å². The number of piperidine rings is 1. The third-order valence-corrected chi connectivity index (χ3v) is 3.70. The molecule has 2 aliphatic heterocycles. The Hall–Kier alpha value is -1.70. The molecule has 2 saturated heterocycles. The molecule has 1 aromatic rings. The minimum Gasteiger partial charge on any atom is -0.475 e. The van der Waals surface area contributed by atoms with Crippen LogP contribution in [0.25, 0.3) is 0 Å². The first kappa shape index (κ1) is 15.7. The normalized spacial score (nSPS) is 30.7. The van der Waals surface area contributed by atoms with Crippen molar-refractivity contribution in [2.45, 2.75) is 43.9 Å². The van der Waals surface area contributed by atoms with Gasteiger partial charge in [-0.05, 0) is 31.2 Å². The summed E-state index contributed by atoms with van der Waals surface area (Å²) in [5, 5.41) is 10.7. The van der Waals surface area contributed by atoms with Crippen molar-refractivity contribution in [3.8, 4) is 0 Å². The quantitative estimate of drug-likeness (QED) is 0.831. The van der Waals surface area contributed by atoms with Gasteiger partial charge in [0.2, 0.25) is 0 Å². The van der Waals surface area contributed by atoms with Crippen LogP contribution in [-0.4, -0.2) is 33.3 Å². The fraction of sp³-hybridized carbons (Fsp3) is 0.615. The molecule has 116 valence electrons. The minimum atomic E-state index is -5.08. The van der Waals surface area contributed by atoms with Crippen LogP contribution in [0.3, 0.4) is 0 Å². The van der Waals surface area contributed by atoms with Gasteiger partial charge < -0.3 is 10.4 Å². The summed E-state index contributed by atoms with van der Waals surface area (Å²) in [7, 11) is 0. The molecule has 2 bridgehead atoms. The number of rotatable bonds is 1.